The predicted octanol–water partition coefficient (Wildman–Crippen LogP) is 4.30. The fourth-order valence-electron chi connectivity index (χ4n) is 3.38. The lowest BCUT2D eigenvalue weighted by Gasteiger charge is -2.14. The topological polar surface area (TPSA) is 71.8 Å². The highest BCUT2D eigenvalue weighted by Crippen LogP contribution is 2.32. The number of nitrogens with zero attached hydrogens (tertiary/aromatic N) is 1. The summed E-state index contributed by atoms with van der Waals surface area (Å²) in [5.41, 5.74) is 4.21. The molecule has 0 saturated carbocycles. The van der Waals surface area contributed by atoms with E-state index in [-0.39, 0.29) is 24.1 Å². The van der Waals surface area contributed by atoms with Gasteiger partial charge in [0.05, 0.1) is 25.5 Å². The molecule has 152 valence electrons. The number of aryl methyl sites for hydroxylation is 2. The Kier molecular flexibility index (Phi) is 5.14. The van der Waals surface area contributed by atoms with Gasteiger partial charge in [0.25, 0.3) is 11.8 Å². The Labute approximate surface area is 174 Å². The number of hydrogen-bond acceptors (Lipinski definition) is 5. The molecule has 30 heavy (non-hydrogen) atoms. The van der Waals surface area contributed by atoms with Gasteiger partial charge in [0.2, 0.25) is 0 Å². The molecule has 0 atom stereocenters. The first-order chi connectivity index (χ1) is 14.5. The highest BCUT2D eigenvalue weighted by atomic mass is 16.5. The van der Waals surface area contributed by atoms with E-state index in [0.29, 0.717) is 22.6 Å². The lowest BCUT2D eigenvalue weighted by molar-refractivity contribution is -0.137. The lowest BCUT2D eigenvalue weighted by atomic mass is 10.0. The van der Waals surface area contributed by atoms with Gasteiger partial charge in [-0.15, -0.1) is 0 Å². The second-order valence-corrected chi connectivity index (χ2v) is 7.18. The van der Waals surface area contributed by atoms with Crippen LogP contribution in [-0.4, -0.2) is 23.8 Å². The summed E-state index contributed by atoms with van der Waals surface area (Å²) in [6, 6.07) is 16.4. The largest absolute Gasteiger partial charge is 0.497 e. The molecule has 0 radical (unpaired) electrons. The zero-order chi connectivity index (χ0) is 21.3. The molecule has 2 aromatic carbocycles. The zero-order valence-electron chi connectivity index (χ0n) is 17.1. The number of imide groups is 1. The Morgan fingerprint density at radius 2 is 1.73 bits per heavy atom. The second kappa shape index (κ2) is 7.91. The zero-order valence-corrected chi connectivity index (χ0v) is 17.1. The maximum Gasteiger partial charge on any atom is 0.278 e. The van der Waals surface area contributed by atoms with Crippen LogP contribution in [0.1, 0.15) is 22.5 Å². The standard InChI is InChI=1S/C24H22N2O4/c1-15-6-9-18(13-16(15)2)25-22-21(17-7-10-19(29-3)11-8-17)23(27)26(24(22)28)14-20-5-4-12-30-20/h4-13,25H,14H2,1-3H3. The molecule has 6 nitrogen and oxygen atoms in total. The van der Waals surface area contributed by atoms with Gasteiger partial charge in [0.1, 0.15) is 17.2 Å². The maximum absolute atomic E-state index is 13.3. The van der Waals surface area contributed by atoms with Crippen molar-refractivity contribution >= 4 is 23.1 Å². The molecule has 6 heteroatoms. The molecule has 1 aliphatic rings. The number of rotatable bonds is 6. The molecule has 0 bridgehead atoms. The predicted molar refractivity (Wildman–Crippen MR) is 114 cm³/mol. The molecule has 2 amide bonds. The Morgan fingerprint density at radius 3 is 2.37 bits per heavy atom. The number of amides is 2. The molecule has 2 heterocycles. The molecular formula is C24H22N2O4. The SMILES string of the molecule is COc1ccc(C2=C(Nc3ccc(C)c(C)c3)C(=O)N(Cc3ccco3)C2=O)cc1. The minimum absolute atomic E-state index is 0.0719. The van der Waals surface area contributed by atoms with Gasteiger partial charge >= 0.3 is 0 Å². The van der Waals surface area contributed by atoms with Crippen molar-refractivity contribution in [3.8, 4) is 5.75 Å². The highest BCUT2D eigenvalue weighted by Gasteiger charge is 2.39. The Bertz CT molecular complexity index is 1130. The van der Waals surface area contributed by atoms with Crippen molar-refractivity contribution in [1.82, 2.24) is 4.90 Å². The fourth-order valence-corrected chi connectivity index (χ4v) is 3.38. The molecule has 1 N–H and O–H groups in total. The summed E-state index contributed by atoms with van der Waals surface area (Å²) >= 11 is 0. The van der Waals surface area contributed by atoms with Crippen molar-refractivity contribution in [2.45, 2.75) is 20.4 Å². The summed E-state index contributed by atoms with van der Waals surface area (Å²) in [7, 11) is 1.58. The highest BCUT2D eigenvalue weighted by molar-refractivity contribution is 6.36. The van der Waals surface area contributed by atoms with E-state index in [1.165, 1.54) is 11.2 Å². The van der Waals surface area contributed by atoms with E-state index >= 15 is 0 Å². The monoisotopic (exact) mass is 402 g/mol. The number of benzene rings is 2. The lowest BCUT2D eigenvalue weighted by Crippen LogP contribution is -2.31. The van der Waals surface area contributed by atoms with Crippen LogP contribution in [0, 0.1) is 13.8 Å². The van der Waals surface area contributed by atoms with Gasteiger partial charge in [0.15, 0.2) is 0 Å². The van der Waals surface area contributed by atoms with Gasteiger partial charge in [-0.2, -0.15) is 0 Å². The Morgan fingerprint density at radius 1 is 0.967 bits per heavy atom. The van der Waals surface area contributed by atoms with Crippen molar-refractivity contribution in [3.63, 3.8) is 0 Å². The number of nitrogens with one attached hydrogen (secondary N) is 1. The minimum Gasteiger partial charge on any atom is -0.497 e. The Balaban J connectivity index is 1.75. The third-order valence-electron chi connectivity index (χ3n) is 5.22. The molecule has 0 aliphatic carbocycles. The van der Waals surface area contributed by atoms with Gasteiger partial charge < -0.3 is 14.5 Å². The van der Waals surface area contributed by atoms with Gasteiger partial charge in [-0.1, -0.05) is 18.2 Å². The van der Waals surface area contributed by atoms with Gasteiger partial charge in [-0.25, -0.2) is 0 Å². The van der Waals surface area contributed by atoms with Gasteiger partial charge in [-0.3, -0.25) is 14.5 Å². The number of hydrogen-bond donors (Lipinski definition) is 1. The van der Waals surface area contributed by atoms with Crippen molar-refractivity contribution in [2.24, 2.45) is 0 Å². The summed E-state index contributed by atoms with van der Waals surface area (Å²) in [5, 5.41) is 3.18. The smallest absolute Gasteiger partial charge is 0.278 e. The fraction of sp³-hybridized carbons (Fsp3) is 0.167. The molecule has 1 aromatic heterocycles. The molecule has 0 fully saturated rings. The molecule has 3 aromatic rings. The first-order valence-corrected chi connectivity index (χ1v) is 9.59. The van der Waals surface area contributed by atoms with Crippen molar-refractivity contribution < 1.29 is 18.7 Å². The van der Waals surface area contributed by atoms with E-state index in [9.17, 15) is 9.59 Å². The first-order valence-electron chi connectivity index (χ1n) is 9.59. The molecule has 0 unspecified atom stereocenters. The third kappa shape index (κ3) is 3.59. The average molecular weight is 402 g/mol. The van der Waals surface area contributed by atoms with E-state index in [4.69, 9.17) is 9.15 Å². The van der Waals surface area contributed by atoms with Crippen molar-refractivity contribution in [2.75, 3.05) is 12.4 Å². The number of methoxy groups -OCH3 is 1. The third-order valence-corrected chi connectivity index (χ3v) is 5.22. The Hall–Kier alpha value is -3.80. The van der Waals surface area contributed by atoms with E-state index in [0.717, 1.165) is 16.8 Å². The van der Waals surface area contributed by atoms with Crippen molar-refractivity contribution in [3.05, 3.63) is 89.0 Å². The van der Waals surface area contributed by atoms with Crippen molar-refractivity contribution in [1.29, 1.82) is 0 Å². The van der Waals surface area contributed by atoms with Crippen LogP contribution in [0.15, 0.2) is 71.0 Å². The number of furan rings is 1. The van der Waals surface area contributed by atoms with E-state index in [2.05, 4.69) is 5.32 Å². The number of ether oxygens (including phenoxy) is 1. The maximum atomic E-state index is 13.3. The van der Waals surface area contributed by atoms with E-state index in [1.807, 2.05) is 32.0 Å². The molecule has 4 rings (SSSR count). The van der Waals surface area contributed by atoms with Crippen LogP contribution in [0.4, 0.5) is 5.69 Å². The average Bonchev–Trinajstić information content (AvgIpc) is 3.34. The number of anilines is 1. The van der Waals surface area contributed by atoms with Crippen LogP contribution >= 0.6 is 0 Å². The van der Waals surface area contributed by atoms with Crippen LogP contribution in [0.2, 0.25) is 0 Å². The van der Waals surface area contributed by atoms with Crippen LogP contribution in [0.5, 0.6) is 5.75 Å². The van der Waals surface area contributed by atoms with Crippen LogP contribution in [0.25, 0.3) is 5.57 Å². The van der Waals surface area contributed by atoms with Gasteiger partial charge in [-0.05, 0) is 66.9 Å². The summed E-state index contributed by atoms with van der Waals surface area (Å²) in [5.74, 6) is 0.457. The first kappa shape index (κ1) is 19.5. The normalized spacial score (nSPS) is 13.9. The summed E-state index contributed by atoms with van der Waals surface area (Å²) in [6.07, 6.45) is 1.52. The van der Waals surface area contributed by atoms with Crippen LogP contribution < -0.4 is 10.1 Å². The summed E-state index contributed by atoms with van der Waals surface area (Å²) in [4.78, 5) is 27.7. The van der Waals surface area contributed by atoms with E-state index in [1.54, 1.807) is 43.5 Å². The minimum atomic E-state index is -0.388. The van der Waals surface area contributed by atoms with Crippen LogP contribution in [0.3, 0.4) is 0 Å². The van der Waals surface area contributed by atoms with Crippen LogP contribution in [-0.2, 0) is 16.1 Å². The number of carbonyl (C=O) groups excluding carboxylic acids is 2. The summed E-state index contributed by atoms with van der Waals surface area (Å²) in [6.45, 7) is 4.10. The summed E-state index contributed by atoms with van der Waals surface area (Å²) < 4.78 is 10.6. The molecule has 1 aliphatic heterocycles. The van der Waals surface area contributed by atoms with Gasteiger partial charge in [0, 0.05) is 5.69 Å². The number of carbonyl (C=O) groups is 2. The quantitative estimate of drug-likeness (QED) is 0.623. The second-order valence-electron chi connectivity index (χ2n) is 7.18. The molecular weight excluding hydrogens is 380 g/mol. The molecule has 0 saturated heterocycles. The van der Waals surface area contributed by atoms with E-state index < -0.39 is 0 Å². The molecule has 0 spiro atoms.